The Morgan fingerprint density at radius 2 is 1.52 bits per heavy atom. The van der Waals surface area contributed by atoms with Gasteiger partial charge in [0.1, 0.15) is 19.3 Å². The number of H-pyrrole nitrogens is 1. The number of imidazole rings is 1. The lowest BCUT2D eigenvalue weighted by atomic mass is 10.1. The Morgan fingerprint density at radius 1 is 0.933 bits per heavy atom. The number of nitriles is 3. The van der Waals surface area contributed by atoms with Gasteiger partial charge in [0.15, 0.2) is 35.7 Å². The Labute approximate surface area is 345 Å². The lowest BCUT2D eigenvalue weighted by Crippen LogP contribution is -2.42. The molecular weight excluding hydrogens is 838 g/mol. The maximum atomic E-state index is 14.1. The van der Waals surface area contributed by atoms with Crippen molar-refractivity contribution in [2.45, 2.75) is 91.4 Å². The van der Waals surface area contributed by atoms with E-state index in [1.807, 2.05) is 0 Å². The number of carbonyl (C=O) groups is 3. The molecule has 4 N–H and O–H groups in total. The van der Waals surface area contributed by atoms with E-state index >= 15 is 0 Å². The summed E-state index contributed by atoms with van der Waals surface area (Å²) >= 11 is 0. The number of fused-ring (bicyclic) bond motifs is 1. The van der Waals surface area contributed by atoms with Crippen LogP contribution in [0.5, 0.6) is 0 Å². The summed E-state index contributed by atoms with van der Waals surface area (Å²) in [6.07, 6.45) is -6.90. The fraction of sp³-hybridized carbons (Fsp3) is 0.676. The summed E-state index contributed by atoms with van der Waals surface area (Å²) < 4.78 is 65.5. The minimum absolute atomic E-state index is 0.135. The van der Waals surface area contributed by atoms with Crippen LogP contribution in [-0.2, 0) is 60.3 Å². The van der Waals surface area contributed by atoms with Gasteiger partial charge in [0.2, 0.25) is 11.9 Å². The number of hydrogen-bond acceptors (Lipinski definition) is 21. The van der Waals surface area contributed by atoms with E-state index in [4.69, 9.17) is 57.1 Å². The molecule has 2 aromatic rings. The second-order valence-electron chi connectivity index (χ2n) is 13.7. The first-order valence-corrected chi connectivity index (χ1v) is 21.6. The topological polar surface area (TPSA) is 339 Å². The molecule has 26 heteroatoms. The van der Waals surface area contributed by atoms with Crippen LogP contribution in [0.15, 0.2) is 11.1 Å². The first-order valence-electron chi connectivity index (χ1n) is 18.6. The number of aromatic nitrogens is 4. The van der Waals surface area contributed by atoms with Crippen molar-refractivity contribution in [1.82, 2.24) is 19.5 Å². The van der Waals surface area contributed by atoms with Gasteiger partial charge in [0.05, 0.1) is 82.1 Å². The second kappa shape index (κ2) is 23.5. The molecule has 330 valence electrons. The van der Waals surface area contributed by atoms with E-state index in [1.165, 1.54) is 4.57 Å². The zero-order valence-electron chi connectivity index (χ0n) is 33.7. The predicted molar refractivity (Wildman–Crippen MR) is 204 cm³/mol. The van der Waals surface area contributed by atoms with Gasteiger partial charge in [0.25, 0.3) is 5.56 Å². The van der Waals surface area contributed by atoms with Gasteiger partial charge >= 0.3 is 27.9 Å². The molecule has 1 saturated heterocycles. The van der Waals surface area contributed by atoms with E-state index in [2.05, 4.69) is 20.3 Å². The summed E-state index contributed by atoms with van der Waals surface area (Å²) in [5, 5.41) is 39.4. The van der Waals surface area contributed by atoms with Crippen molar-refractivity contribution in [2.24, 2.45) is 17.8 Å². The number of amides is 1. The molecule has 2 aromatic heterocycles. The Kier molecular flexibility index (Phi) is 19.5. The largest absolute Gasteiger partial charge is 0.573 e. The Balaban J connectivity index is 2.01. The normalized spacial score (nSPS) is 19.4. The average Bonchev–Trinajstić information content (AvgIpc) is 3.76. The highest BCUT2D eigenvalue weighted by Crippen LogP contribution is 2.59. The number of aromatic amines is 1. The number of nitrogens with zero attached hydrogens (tertiary/aromatic N) is 6. The van der Waals surface area contributed by atoms with Crippen LogP contribution in [0.3, 0.4) is 0 Å². The molecule has 0 spiro atoms. The molecular formula is C34H49N8O16P2+. The van der Waals surface area contributed by atoms with Crippen molar-refractivity contribution in [3.05, 3.63) is 16.7 Å². The maximum Gasteiger partial charge on any atom is 0.573 e. The van der Waals surface area contributed by atoms with Crippen molar-refractivity contribution < 1.29 is 70.3 Å². The fourth-order valence-corrected chi connectivity index (χ4v) is 7.34. The molecule has 0 aromatic carbocycles. The van der Waals surface area contributed by atoms with Crippen molar-refractivity contribution in [1.29, 1.82) is 15.8 Å². The molecule has 1 amide bonds. The van der Waals surface area contributed by atoms with Crippen LogP contribution in [0.4, 0.5) is 5.95 Å². The third-order valence-electron chi connectivity index (χ3n) is 7.91. The van der Waals surface area contributed by atoms with Gasteiger partial charge in [-0.05, 0) is 0 Å². The summed E-state index contributed by atoms with van der Waals surface area (Å²) in [6.45, 7) is 5.77. The number of ether oxygens (including phenoxy) is 3. The zero-order valence-corrected chi connectivity index (χ0v) is 35.5. The minimum Gasteiger partial charge on any atom is -0.455 e. The molecule has 24 nitrogen and oxygen atoms in total. The van der Waals surface area contributed by atoms with Crippen LogP contribution >= 0.6 is 16.0 Å². The summed E-state index contributed by atoms with van der Waals surface area (Å²) in [7, 11) is -9.09. The van der Waals surface area contributed by atoms with Gasteiger partial charge in [-0.15, -0.1) is 4.52 Å². The highest BCUT2D eigenvalue weighted by molar-refractivity contribution is 7.55. The van der Waals surface area contributed by atoms with Gasteiger partial charge in [-0.1, -0.05) is 41.5 Å². The Hall–Kier alpha value is -4.47. The van der Waals surface area contributed by atoms with Crippen molar-refractivity contribution in [3.8, 4) is 18.2 Å². The van der Waals surface area contributed by atoms with E-state index in [0.717, 1.165) is 6.33 Å². The van der Waals surface area contributed by atoms with Crippen molar-refractivity contribution in [3.63, 3.8) is 0 Å². The Morgan fingerprint density at radius 3 is 2.07 bits per heavy atom. The molecule has 0 bridgehead atoms. The monoisotopic (exact) mass is 887 g/mol. The second-order valence-corrected chi connectivity index (χ2v) is 17.0. The SMILES string of the molecule is CC(C)C(=O)Nc1nc2c(ncn2[C@@H]2O[C@H](COP(=O)(OCCC#N)OCC(CO)O[P+](O)(OCCC#N)OCCC#N)[C@@H](OC(=O)C(C)C)[C@H]2OC(=O)C(C)C)c(=O)[nH]1. The van der Waals surface area contributed by atoms with Crippen LogP contribution in [0.2, 0.25) is 0 Å². The van der Waals surface area contributed by atoms with Gasteiger partial charge in [-0.3, -0.25) is 47.6 Å². The first kappa shape index (κ1) is 49.9. The van der Waals surface area contributed by atoms with Crippen LogP contribution in [0.1, 0.15) is 67.0 Å². The van der Waals surface area contributed by atoms with E-state index < -0.39 is 114 Å². The van der Waals surface area contributed by atoms with E-state index in [-0.39, 0.29) is 49.6 Å². The molecule has 0 aliphatic carbocycles. The molecule has 1 aliphatic rings. The third kappa shape index (κ3) is 14.3. The highest BCUT2D eigenvalue weighted by Gasteiger charge is 2.53. The molecule has 6 atom stereocenters. The van der Waals surface area contributed by atoms with Crippen molar-refractivity contribution >= 4 is 51.0 Å². The summed E-state index contributed by atoms with van der Waals surface area (Å²) in [6, 6.07) is 5.41. The van der Waals surface area contributed by atoms with Crippen LogP contribution in [0.25, 0.3) is 11.2 Å². The molecule has 60 heavy (non-hydrogen) atoms. The molecule has 2 unspecified atom stereocenters. The van der Waals surface area contributed by atoms with E-state index in [0.29, 0.717) is 0 Å². The lowest BCUT2D eigenvalue weighted by molar-refractivity contribution is -0.172. The van der Waals surface area contributed by atoms with Gasteiger partial charge in [0, 0.05) is 5.92 Å². The summed E-state index contributed by atoms with van der Waals surface area (Å²) in [5.74, 6) is -4.09. The number of rotatable bonds is 25. The minimum atomic E-state index is -4.81. The molecule has 3 rings (SSSR count). The predicted octanol–water partition coefficient (Wildman–Crippen LogP) is 2.73. The quantitative estimate of drug-likeness (QED) is 0.0632. The van der Waals surface area contributed by atoms with Gasteiger partial charge in [-0.25, -0.2) is 9.55 Å². The molecule has 1 aliphatic heterocycles. The van der Waals surface area contributed by atoms with Crippen LogP contribution < -0.4 is 10.9 Å². The molecule has 3 heterocycles. The molecule has 1 fully saturated rings. The zero-order chi connectivity index (χ0) is 44.6. The smallest absolute Gasteiger partial charge is 0.455 e. The average molecular weight is 888 g/mol. The number of anilines is 1. The van der Waals surface area contributed by atoms with E-state index in [9.17, 15) is 33.7 Å². The number of nitrogens with one attached hydrogen (secondary N) is 2. The molecule has 0 radical (unpaired) electrons. The maximum absolute atomic E-state index is 14.1. The van der Waals surface area contributed by atoms with Crippen LogP contribution in [-0.4, -0.2) is 111 Å². The number of esters is 2. The molecule has 0 saturated carbocycles. The van der Waals surface area contributed by atoms with Crippen molar-refractivity contribution in [2.75, 3.05) is 45.0 Å². The third-order valence-corrected chi connectivity index (χ3v) is 10.9. The fourth-order valence-electron chi connectivity index (χ4n) is 4.78. The van der Waals surface area contributed by atoms with E-state index in [1.54, 1.807) is 59.8 Å². The van der Waals surface area contributed by atoms with Crippen LogP contribution in [0, 0.1) is 51.7 Å². The number of phosphoric ester groups is 1. The number of aliphatic hydroxyl groups excluding tert-OH is 1. The number of aliphatic hydroxyl groups is 1. The number of hydrogen-bond donors (Lipinski definition) is 4. The standard InChI is InChI=1S/C34H48N8O16P2/c1-20(2)29(44)40-34-39-28-25(30(45)41-34)38-19-42(28)31-27(57-33(47)22(5)6)26(56-32(46)21(3)4)24(55-31)18-54-59(48,50-13-7-10-35)53-17-23(16-43)58-60(49,51-14-8-11-36)52-15-9-12-37/h19-24,26-27,31,43,49H,7-9,13-18H2,1-6H3,(H-,39,40,41,44,45)/p+1/t23?,24-,26-,27-,31-,59?/m1/s1. The van der Waals surface area contributed by atoms with Gasteiger partial charge < -0.3 is 19.3 Å². The number of carbonyl (C=O) groups excluding carboxylic acids is 3. The number of phosphoric acid groups is 1. The summed E-state index contributed by atoms with van der Waals surface area (Å²) in [5.41, 5.74) is -1.07. The lowest BCUT2D eigenvalue weighted by Gasteiger charge is -2.26. The van der Waals surface area contributed by atoms with Gasteiger partial charge in [-0.2, -0.15) is 34.7 Å². The first-order chi connectivity index (χ1) is 28.4. The summed E-state index contributed by atoms with van der Waals surface area (Å²) in [4.78, 5) is 73.5. The highest BCUT2D eigenvalue weighted by atomic mass is 31.2. The Bertz CT molecular complexity index is 1990.